The maximum atomic E-state index is 12.7. The number of carbonyl (C=O) groups is 2. The zero-order valence-electron chi connectivity index (χ0n) is 38.8. The van der Waals surface area contributed by atoms with Crippen LogP contribution in [0.1, 0.15) is 252 Å². The fraction of sp³-hybridized carbons (Fsp3) is 0.811. The van der Waals surface area contributed by atoms with E-state index < -0.39 is 6.10 Å². The van der Waals surface area contributed by atoms with Crippen molar-refractivity contribution in [1.29, 1.82) is 0 Å². The number of carbonyl (C=O) groups excluding carboxylic acids is 2. The fourth-order valence-corrected chi connectivity index (χ4v) is 7.09. The molecule has 0 aromatic rings. The average Bonchev–Trinajstić information content (AvgIpc) is 3.22. The Bertz CT molecular complexity index is 966. The van der Waals surface area contributed by atoms with E-state index in [4.69, 9.17) is 14.2 Å². The molecule has 0 amide bonds. The third-order valence-electron chi connectivity index (χ3n) is 10.8. The molecule has 0 fully saturated rings. The van der Waals surface area contributed by atoms with Gasteiger partial charge in [0.05, 0.1) is 6.61 Å². The van der Waals surface area contributed by atoms with Crippen molar-refractivity contribution in [3.05, 3.63) is 48.6 Å². The molecule has 0 aliphatic heterocycles. The molecule has 0 aromatic carbocycles. The summed E-state index contributed by atoms with van der Waals surface area (Å²) in [5.41, 5.74) is 0. The first-order chi connectivity index (χ1) is 28.6. The summed E-state index contributed by atoms with van der Waals surface area (Å²) in [6, 6.07) is 0. The normalized spacial score (nSPS) is 12.5. The van der Waals surface area contributed by atoms with Gasteiger partial charge < -0.3 is 14.2 Å². The Morgan fingerprint density at radius 3 is 1.33 bits per heavy atom. The van der Waals surface area contributed by atoms with Crippen molar-refractivity contribution < 1.29 is 23.8 Å². The maximum Gasteiger partial charge on any atom is 0.306 e. The summed E-state index contributed by atoms with van der Waals surface area (Å²) in [7, 11) is 0. The van der Waals surface area contributed by atoms with Gasteiger partial charge in [0.2, 0.25) is 0 Å². The minimum absolute atomic E-state index is 0.0740. The van der Waals surface area contributed by atoms with E-state index in [1.54, 1.807) is 0 Å². The number of hydrogen-bond donors (Lipinski definition) is 0. The summed E-state index contributed by atoms with van der Waals surface area (Å²) in [6.07, 6.45) is 59.8. The molecule has 0 spiro atoms. The summed E-state index contributed by atoms with van der Waals surface area (Å²) in [4.78, 5) is 25.3. The van der Waals surface area contributed by atoms with Crippen molar-refractivity contribution in [2.75, 3.05) is 19.8 Å². The predicted octanol–water partition coefficient (Wildman–Crippen LogP) is 16.8. The standard InChI is InChI=1S/C53H96O5/c1-4-7-10-13-16-19-22-25-26-27-28-30-31-34-37-40-43-46-52(54)57-50-51(49-56-48-45-42-39-36-33-24-21-18-15-12-9-6-3)58-53(55)47-44-41-38-35-32-29-23-20-17-14-11-8-5-2/h8,11,15,17-18,20,29,32,51H,4-7,9-10,12-14,16,19,21-28,30-31,33-50H2,1-3H3/b11-8-,18-15-,20-17-,32-29-. The quantitative estimate of drug-likeness (QED) is 0.0348. The first-order valence-corrected chi connectivity index (χ1v) is 25.2. The first-order valence-electron chi connectivity index (χ1n) is 25.2. The van der Waals surface area contributed by atoms with E-state index in [-0.39, 0.29) is 25.2 Å². The lowest BCUT2D eigenvalue weighted by atomic mass is 10.0. The van der Waals surface area contributed by atoms with Crippen LogP contribution in [-0.2, 0) is 23.8 Å². The molecule has 58 heavy (non-hydrogen) atoms. The van der Waals surface area contributed by atoms with E-state index in [1.807, 2.05) is 0 Å². The van der Waals surface area contributed by atoms with Crippen LogP contribution in [0.2, 0.25) is 0 Å². The smallest absolute Gasteiger partial charge is 0.306 e. The van der Waals surface area contributed by atoms with Gasteiger partial charge in [0.15, 0.2) is 6.10 Å². The highest BCUT2D eigenvalue weighted by Gasteiger charge is 2.17. The van der Waals surface area contributed by atoms with E-state index in [1.165, 1.54) is 148 Å². The lowest BCUT2D eigenvalue weighted by Gasteiger charge is -2.18. The van der Waals surface area contributed by atoms with Crippen LogP contribution in [0, 0.1) is 0 Å². The number of hydrogen-bond acceptors (Lipinski definition) is 5. The zero-order valence-corrected chi connectivity index (χ0v) is 38.8. The molecule has 0 aromatic heterocycles. The number of rotatable bonds is 46. The lowest BCUT2D eigenvalue weighted by Crippen LogP contribution is -2.30. The van der Waals surface area contributed by atoms with Crippen LogP contribution < -0.4 is 0 Å². The summed E-state index contributed by atoms with van der Waals surface area (Å²) in [6.45, 7) is 7.67. The van der Waals surface area contributed by atoms with Gasteiger partial charge >= 0.3 is 11.9 Å². The molecule has 0 heterocycles. The minimum atomic E-state index is -0.550. The Hall–Kier alpha value is -2.14. The monoisotopic (exact) mass is 813 g/mol. The molecule has 0 aliphatic carbocycles. The van der Waals surface area contributed by atoms with Gasteiger partial charge in [0.25, 0.3) is 0 Å². The van der Waals surface area contributed by atoms with Gasteiger partial charge in [-0.15, -0.1) is 0 Å². The van der Waals surface area contributed by atoms with E-state index in [2.05, 4.69) is 69.4 Å². The van der Waals surface area contributed by atoms with Crippen LogP contribution in [0.5, 0.6) is 0 Å². The van der Waals surface area contributed by atoms with Crippen molar-refractivity contribution in [1.82, 2.24) is 0 Å². The molecule has 5 nitrogen and oxygen atoms in total. The Balaban J connectivity index is 4.24. The van der Waals surface area contributed by atoms with E-state index >= 15 is 0 Å². The first kappa shape index (κ1) is 55.9. The largest absolute Gasteiger partial charge is 0.462 e. The second-order valence-electron chi connectivity index (χ2n) is 16.7. The van der Waals surface area contributed by atoms with Crippen LogP contribution >= 0.6 is 0 Å². The molecule has 0 aliphatic rings. The van der Waals surface area contributed by atoms with Crippen LogP contribution in [0.4, 0.5) is 0 Å². The molecule has 0 bridgehead atoms. The van der Waals surface area contributed by atoms with Gasteiger partial charge in [-0.05, 0) is 70.6 Å². The van der Waals surface area contributed by atoms with Gasteiger partial charge in [0.1, 0.15) is 6.61 Å². The Morgan fingerprint density at radius 2 is 0.793 bits per heavy atom. The number of unbranched alkanes of at least 4 members (excludes halogenated alkanes) is 27. The van der Waals surface area contributed by atoms with Crippen molar-refractivity contribution in [2.24, 2.45) is 0 Å². The third-order valence-corrected chi connectivity index (χ3v) is 10.8. The number of ether oxygens (including phenoxy) is 3. The highest BCUT2D eigenvalue weighted by Crippen LogP contribution is 2.15. The summed E-state index contributed by atoms with van der Waals surface area (Å²) in [5, 5.41) is 0. The van der Waals surface area contributed by atoms with E-state index in [0.717, 1.165) is 70.6 Å². The highest BCUT2D eigenvalue weighted by molar-refractivity contribution is 5.70. The minimum Gasteiger partial charge on any atom is -0.462 e. The van der Waals surface area contributed by atoms with Gasteiger partial charge in [-0.3, -0.25) is 9.59 Å². The molecule has 0 saturated heterocycles. The zero-order chi connectivity index (χ0) is 42.1. The van der Waals surface area contributed by atoms with Crippen LogP contribution in [0.3, 0.4) is 0 Å². The van der Waals surface area contributed by atoms with Crippen LogP contribution in [0.15, 0.2) is 48.6 Å². The summed E-state index contributed by atoms with van der Waals surface area (Å²) < 4.78 is 17.3. The topological polar surface area (TPSA) is 61.8 Å². The van der Waals surface area contributed by atoms with Crippen LogP contribution in [-0.4, -0.2) is 37.9 Å². The van der Waals surface area contributed by atoms with Gasteiger partial charge in [-0.2, -0.15) is 0 Å². The van der Waals surface area contributed by atoms with E-state index in [0.29, 0.717) is 19.4 Å². The van der Waals surface area contributed by atoms with Crippen LogP contribution in [0.25, 0.3) is 0 Å². The Morgan fingerprint density at radius 1 is 0.397 bits per heavy atom. The fourth-order valence-electron chi connectivity index (χ4n) is 7.09. The third kappa shape index (κ3) is 46.5. The molecule has 1 atom stereocenters. The molecule has 5 heteroatoms. The van der Waals surface area contributed by atoms with Crippen molar-refractivity contribution in [3.63, 3.8) is 0 Å². The predicted molar refractivity (Wildman–Crippen MR) is 251 cm³/mol. The lowest BCUT2D eigenvalue weighted by molar-refractivity contribution is -0.163. The summed E-state index contributed by atoms with van der Waals surface area (Å²) >= 11 is 0. The van der Waals surface area contributed by atoms with Crippen molar-refractivity contribution in [3.8, 4) is 0 Å². The molecule has 0 radical (unpaired) electrons. The second-order valence-corrected chi connectivity index (χ2v) is 16.7. The molecular formula is C53H96O5. The average molecular weight is 813 g/mol. The van der Waals surface area contributed by atoms with E-state index in [9.17, 15) is 9.59 Å². The number of allylic oxidation sites excluding steroid dienone is 8. The second kappa shape index (κ2) is 49.2. The molecule has 0 N–H and O–H groups in total. The van der Waals surface area contributed by atoms with Crippen molar-refractivity contribution in [2.45, 2.75) is 258 Å². The number of esters is 2. The van der Waals surface area contributed by atoms with Gasteiger partial charge in [0, 0.05) is 19.4 Å². The molecular weight excluding hydrogens is 717 g/mol. The molecule has 0 saturated carbocycles. The van der Waals surface area contributed by atoms with Gasteiger partial charge in [-0.25, -0.2) is 0 Å². The molecule has 1 unspecified atom stereocenters. The highest BCUT2D eigenvalue weighted by atomic mass is 16.6. The van der Waals surface area contributed by atoms with Crippen molar-refractivity contribution >= 4 is 11.9 Å². The molecule has 0 rings (SSSR count). The Labute approximate surface area is 361 Å². The summed E-state index contributed by atoms with van der Waals surface area (Å²) in [5.74, 6) is -0.425. The van der Waals surface area contributed by atoms with Gasteiger partial charge in [-0.1, -0.05) is 217 Å². The molecule has 338 valence electrons. The Kier molecular flexibility index (Phi) is 47.4. The SMILES string of the molecule is CC/C=C\C/C=C\C/C=C\CCCCCC(=O)OC(COCCCCCCCC/C=C\CCCC)COC(=O)CCCCCCCCCCCCCCCCCCC. The maximum absolute atomic E-state index is 12.7.